The third-order valence-corrected chi connectivity index (χ3v) is 5.29. The summed E-state index contributed by atoms with van der Waals surface area (Å²) in [6, 6.07) is 8.70. The molecule has 0 spiro atoms. The second kappa shape index (κ2) is 6.15. The molecule has 0 unspecified atom stereocenters. The predicted molar refractivity (Wildman–Crippen MR) is 86.7 cm³/mol. The average molecular weight is 287 g/mol. The fourth-order valence-electron chi connectivity index (χ4n) is 3.00. The summed E-state index contributed by atoms with van der Waals surface area (Å²) in [4.78, 5) is 6.66. The number of nitrogens with one attached hydrogen (secondary N) is 1. The van der Waals surface area contributed by atoms with Crippen molar-refractivity contribution in [3.63, 3.8) is 0 Å². The van der Waals surface area contributed by atoms with E-state index < -0.39 is 0 Å². The van der Waals surface area contributed by atoms with Gasteiger partial charge in [0.05, 0.1) is 30.2 Å². The van der Waals surface area contributed by atoms with Crippen molar-refractivity contribution >= 4 is 22.7 Å². The molecule has 20 heavy (non-hydrogen) atoms. The molecule has 0 aliphatic carbocycles. The first-order chi connectivity index (χ1) is 9.74. The van der Waals surface area contributed by atoms with E-state index >= 15 is 0 Å². The largest absolute Gasteiger partial charge is 0.334 e. The lowest BCUT2D eigenvalue weighted by molar-refractivity contribution is -0.884. The first-order valence-corrected chi connectivity index (χ1v) is 8.56. The van der Waals surface area contributed by atoms with Gasteiger partial charge in [-0.3, -0.25) is 0 Å². The van der Waals surface area contributed by atoms with Gasteiger partial charge in [0.25, 0.3) is 0 Å². The van der Waals surface area contributed by atoms with Gasteiger partial charge in [0, 0.05) is 24.0 Å². The lowest BCUT2D eigenvalue weighted by Gasteiger charge is -2.12. The Morgan fingerprint density at radius 2 is 1.95 bits per heavy atom. The summed E-state index contributed by atoms with van der Waals surface area (Å²) in [6.07, 6.45) is 2.82. The van der Waals surface area contributed by atoms with Crippen LogP contribution in [-0.4, -0.2) is 30.4 Å². The Morgan fingerprint density at radius 3 is 2.75 bits per heavy atom. The molecule has 0 saturated carbocycles. The van der Waals surface area contributed by atoms with Gasteiger partial charge >= 0.3 is 0 Å². The van der Waals surface area contributed by atoms with E-state index in [2.05, 4.69) is 38.1 Å². The Bertz CT molecular complexity index is 603. The molecule has 3 rings (SSSR count). The number of hydrogen-bond acceptors (Lipinski definition) is 2. The predicted octanol–water partition coefficient (Wildman–Crippen LogP) is 2.62. The first-order valence-electron chi connectivity index (χ1n) is 7.57. The number of aromatic nitrogens is 1. The summed E-state index contributed by atoms with van der Waals surface area (Å²) in [7, 11) is 0. The zero-order valence-corrected chi connectivity index (χ0v) is 13.2. The maximum Gasteiger partial charge on any atom is 0.0999 e. The Balaban J connectivity index is 1.73. The summed E-state index contributed by atoms with van der Waals surface area (Å²) < 4.78 is 0. The van der Waals surface area contributed by atoms with Gasteiger partial charge in [0.1, 0.15) is 0 Å². The van der Waals surface area contributed by atoms with E-state index in [0.29, 0.717) is 0 Å². The second-order valence-corrected chi connectivity index (χ2v) is 6.90. The Kier molecular flexibility index (Phi) is 4.27. The maximum absolute atomic E-state index is 4.89. The van der Waals surface area contributed by atoms with Crippen LogP contribution in [0.15, 0.2) is 29.3 Å². The third-order valence-electron chi connectivity index (χ3n) is 4.20. The van der Waals surface area contributed by atoms with Crippen LogP contribution >= 0.6 is 11.8 Å². The SMILES string of the molecule is Cc1cc2cccc(C)c2nc1SCC[NH+]1CCCC1. The lowest BCUT2D eigenvalue weighted by atomic mass is 10.1. The summed E-state index contributed by atoms with van der Waals surface area (Å²) in [5.74, 6) is 1.18. The molecule has 2 nitrogen and oxygen atoms in total. The fourth-order valence-corrected chi connectivity index (χ4v) is 4.03. The molecule has 0 atom stereocenters. The highest BCUT2D eigenvalue weighted by atomic mass is 32.2. The molecule has 2 aromatic rings. The first kappa shape index (κ1) is 13.9. The van der Waals surface area contributed by atoms with E-state index in [1.807, 2.05) is 11.8 Å². The molecule has 1 aliphatic heterocycles. The number of benzene rings is 1. The van der Waals surface area contributed by atoms with E-state index in [9.17, 15) is 0 Å². The van der Waals surface area contributed by atoms with Gasteiger partial charge in [-0.05, 0) is 31.0 Å². The Morgan fingerprint density at radius 1 is 1.15 bits per heavy atom. The van der Waals surface area contributed by atoms with Crippen LogP contribution in [0.2, 0.25) is 0 Å². The summed E-state index contributed by atoms with van der Waals surface area (Å²) in [5, 5.41) is 2.47. The van der Waals surface area contributed by atoms with Crippen molar-refractivity contribution < 1.29 is 4.90 Å². The van der Waals surface area contributed by atoms with Crippen molar-refractivity contribution in [2.45, 2.75) is 31.7 Å². The third kappa shape index (κ3) is 2.99. The van der Waals surface area contributed by atoms with Crippen molar-refractivity contribution in [1.29, 1.82) is 0 Å². The summed E-state index contributed by atoms with van der Waals surface area (Å²) in [6.45, 7) is 8.33. The van der Waals surface area contributed by atoms with E-state index in [1.54, 1.807) is 4.90 Å². The minimum Gasteiger partial charge on any atom is -0.334 e. The van der Waals surface area contributed by atoms with Crippen LogP contribution in [-0.2, 0) is 0 Å². The molecule has 1 N–H and O–H groups in total. The van der Waals surface area contributed by atoms with E-state index in [-0.39, 0.29) is 0 Å². The van der Waals surface area contributed by atoms with E-state index in [0.717, 1.165) is 5.52 Å². The van der Waals surface area contributed by atoms with Crippen LogP contribution in [0.1, 0.15) is 24.0 Å². The molecule has 3 heteroatoms. The zero-order chi connectivity index (χ0) is 13.9. The number of para-hydroxylation sites is 1. The number of nitrogens with zero attached hydrogens (tertiary/aromatic N) is 1. The number of likely N-dealkylation sites (tertiary alicyclic amines) is 1. The number of thioether (sulfide) groups is 1. The number of rotatable bonds is 4. The van der Waals surface area contributed by atoms with E-state index in [1.165, 1.54) is 59.8 Å². The van der Waals surface area contributed by atoms with Crippen LogP contribution in [0.4, 0.5) is 0 Å². The molecule has 0 bridgehead atoms. The number of fused-ring (bicyclic) bond motifs is 1. The maximum atomic E-state index is 4.89. The van der Waals surface area contributed by atoms with Crippen molar-refractivity contribution in [1.82, 2.24) is 4.98 Å². The highest BCUT2D eigenvalue weighted by molar-refractivity contribution is 7.99. The Labute approximate surface area is 125 Å². The van der Waals surface area contributed by atoms with Crippen LogP contribution in [0, 0.1) is 13.8 Å². The molecule has 0 radical (unpaired) electrons. The average Bonchev–Trinajstić information content (AvgIpc) is 2.93. The molecule has 1 aromatic heterocycles. The van der Waals surface area contributed by atoms with Gasteiger partial charge in [-0.2, -0.15) is 0 Å². The highest BCUT2D eigenvalue weighted by Gasteiger charge is 2.15. The topological polar surface area (TPSA) is 17.3 Å². The van der Waals surface area contributed by atoms with Gasteiger partial charge in [-0.1, -0.05) is 18.2 Å². The standard InChI is InChI=1S/C17H22N2S/c1-13-6-5-7-15-12-14(2)17(18-16(13)15)20-11-10-19-8-3-4-9-19/h5-7,12H,3-4,8-11H2,1-2H3/p+1. The summed E-state index contributed by atoms with van der Waals surface area (Å²) >= 11 is 1.93. The molecule has 106 valence electrons. The minimum absolute atomic E-state index is 1.16. The summed E-state index contributed by atoms with van der Waals surface area (Å²) in [5.41, 5.74) is 3.74. The molecular weight excluding hydrogens is 264 g/mol. The van der Waals surface area contributed by atoms with Crippen LogP contribution in [0.3, 0.4) is 0 Å². The van der Waals surface area contributed by atoms with Crippen LogP contribution in [0.5, 0.6) is 0 Å². The van der Waals surface area contributed by atoms with Gasteiger partial charge in [0.15, 0.2) is 0 Å². The fraction of sp³-hybridized carbons (Fsp3) is 0.471. The monoisotopic (exact) mass is 287 g/mol. The molecule has 0 amide bonds. The molecule has 1 saturated heterocycles. The second-order valence-electron chi connectivity index (χ2n) is 5.81. The molecule has 1 fully saturated rings. The normalized spacial score (nSPS) is 16.1. The molecule has 1 aromatic carbocycles. The zero-order valence-electron chi connectivity index (χ0n) is 12.4. The minimum atomic E-state index is 1.16. The van der Waals surface area contributed by atoms with Crippen LogP contribution < -0.4 is 4.90 Å². The van der Waals surface area contributed by atoms with Crippen molar-refractivity contribution in [2.75, 3.05) is 25.4 Å². The Hall–Kier alpha value is -1.06. The van der Waals surface area contributed by atoms with Crippen molar-refractivity contribution in [3.8, 4) is 0 Å². The van der Waals surface area contributed by atoms with Crippen molar-refractivity contribution in [3.05, 3.63) is 35.4 Å². The molecule has 2 heterocycles. The quantitative estimate of drug-likeness (QED) is 0.871. The number of aryl methyl sites for hydroxylation is 2. The van der Waals surface area contributed by atoms with Gasteiger partial charge in [-0.25, -0.2) is 4.98 Å². The molecular formula is C17H23N2S+. The number of hydrogen-bond donors (Lipinski definition) is 1. The van der Waals surface area contributed by atoms with Crippen molar-refractivity contribution in [2.24, 2.45) is 0 Å². The number of pyridine rings is 1. The van der Waals surface area contributed by atoms with Gasteiger partial charge < -0.3 is 4.90 Å². The lowest BCUT2D eigenvalue weighted by Crippen LogP contribution is -3.10. The van der Waals surface area contributed by atoms with Gasteiger partial charge in [0.2, 0.25) is 0 Å². The smallest absolute Gasteiger partial charge is 0.0999 e. The number of quaternary nitrogens is 1. The van der Waals surface area contributed by atoms with Gasteiger partial charge in [-0.15, -0.1) is 11.8 Å². The van der Waals surface area contributed by atoms with Crippen LogP contribution in [0.25, 0.3) is 10.9 Å². The highest BCUT2D eigenvalue weighted by Crippen LogP contribution is 2.25. The molecule has 1 aliphatic rings. The van der Waals surface area contributed by atoms with E-state index in [4.69, 9.17) is 4.98 Å².